The molecular weight excluding hydrogens is 300 g/mol. The quantitative estimate of drug-likeness (QED) is 0.499. The molecule has 0 spiro atoms. The molecule has 0 amide bonds. The lowest BCUT2D eigenvalue weighted by Gasteiger charge is -2.17. The molecule has 146 valence electrons. The lowest BCUT2D eigenvalue weighted by atomic mass is 10.4. The number of likely N-dealkylation sites (tertiary alicyclic amines) is 1. The van der Waals surface area contributed by atoms with Crippen LogP contribution < -0.4 is 0 Å². The van der Waals surface area contributed by atoms with Gasteiger partial charge in [0.1, 0.15) is 0 Å². The van der Waals surface area contributed by atoms with Crippen LogP contribution in [0.25, 0.3) is 0 Å². The van der Waals surface area contributed by atoms with Crippen molar-refractivity contribution in [3.8, 4) is 0 Å². The Labute approximate surface area is 151 Å². The van der Waals surface area contributed by atoms with Crippen molar-refractivity contribution in [2.45, 2.75) is 79.4 Å². The van der Waals surface area contributed by atoms with Crippen LogP contribution in [0.4, 0.5) is 0 Å². The summed E-state index contributed by atoms with van der Waals surface area (Å²) in [5, 5.41) is 0. The average molecular weight is 345 g/mol. The Bertz CT molecular complexity index is 236. The minimum atomic E-state index is 0.377. The first-order chi connectivity index (χ1) is 11.5. The zero-order valence-electron chi connectivity index (χ0n) is 17.4. The molecule has 0 aromatic carbocycles. The van der Waals surface area contributed by atoms with Gasteiger partial charge in [-0.2, -0.15) is 0 Å². The van der Waals surface area contributed by atoms with Gasteiger partial charge in [0.25, 0.3) is 0 Å². The monoisotopic (exact) mass is 344 g/mol. The Morgan fingerprint density at radius 3 is 1.79 bits per heavy atom. The van der Waals surface area contributed by atoms with E-state index in [9.17, 15) is 0 Å². The second kappa shape index (κ2) is 16.3. The van der Waals surface area contributed by atoms with E-state index >= 15 is 0 Å². The molecule has 1 fully saturated rings. The molecule has 1 aliphatic rings. The van der Waals surface area contributed by atoms with E-state index in [0.717, 1.165) is 32.7 Å². The lowest BCUT2D eigenvalue weighted by Crippen LogP contribution is -2.25. The van der Waals surface area contributed by atoms with Gasteiger partial charge in [-0.25, -0.2) is 0 Å². The van der Waals surface area contributed by atoms with E-state index in [2.05, 4.69) is 51.3 Å². The van der Waals surface area contributed by atoms with Crippen molar-refractivity contribution in [1.82, 2.24) is 9.80 Å². The maximum Gasteiger partial charge on any atom is 0.0518 e. The van der Waals surface area contributed by atoms with Crippen LogP contribution in [0.1, 0.15) is 67.2 Å². The Kier molecular flexibility index (Phi) is 16.2. The first-order valence-corrected chi connectivity index (χ1v) is 10.2. The van der Waals surface area contributed by atoms with Gasteiger partial charge in [0.15, 0.2) is 0 Å². The summed E-state index contributed by atoms with van der Waals surface area (Å²) in [6, 6.07) is 0. The molecule has 0 aliphatic carbocycles. The smallest absolute Gasteiger partial charge is 0.0518 e. The van der Waals surface area contributed by atoms with Gasteiger partial charge in [0, 0.05) is 26.3 Å². The van der Waals surface area contributed by atoms with Crippen molar-refractivity contribution in [3.05, 3.63) is 0 Å². The maximum absolute atomic E-state index is 5.47. The zero-order chi connectivity index (χ0) is 18.2. The largest absolute Gasteiger partial charge is 0.379 e. The van der Waals surface area contributed by atoms with Gasteiger partial charge < -0.3 is 19.3 Å². The van der Waals surface area contributed by atoms with E-state index in [1.165, 1.54) is 45.4 Å². The Hall–Kier alpha value is -0.160. The van der Waals surface area contributed by atoms with E-state index in [4.69, 9.17) is 9.47 Å². The summed E-state index contributed by atoms with van der Waals surface area (Å²) in [5.74, 6) is 0. The molecule has 0 unspecified atom stereocenters. The number of nitrogens with zero attached hydrogens (tertiary/aromatic N) is 2. The zero-order valence-corrected chi connectivity index (χ0v) is 17.4. The molecule has 1 aliphatic heterocycles. The van der Waals surface area contributed by atoms with Crippen LogP contribution in [0, 0.1) is 0 Å². The molecule has 0 aromatic heterocycles. The van der Waals surface area contributed by atoms with Crippen molar-refractivity contribution in [3.63, 3.8) is 0 Å². The van der Waals surface area contributed by atoms with Crippen molar-refractivity contribution in [2.24, 2.45) is 0 Å². The van der Waals surface area contributed by atoms with Gasteiger partial charge in [-0.1, -0.05) is 13.8 Å². The molecule has 0 radical (unpaired) electrons. The third-order valence-electron chi connectivity index (χ3n) is 4.23. The SMILES string of the molecule is CC(C)OCCCN1CCCC1.CCN(CC)CCCOC(C)C. The van der Waals surface area contributed by atoms with E-state index < -0.39 is 0 Å². The summed E-state index contributed by atoms with van der Waals surface area (Å²) in [6.07, 6.45) is 5.90. The van der Waals surface area contributed by atoms with Gasteiger partial charge >= 0.3 is 0 Å². The predicted molar refractivity (Wildman–Crippen MR) is 105 cm³/mol. The van der Waals surface area contributed by atoms with Crippen LogP contribution >= 0.6 is 0 Å². The second-order valence-corrected chi connectivity index (χ2v) is 7.12. The normalized spacial score (nSPS) is 15.4. The molecule has 0 atom stereocenters. The highest BCUT2D eigenvalue weighted by Crippen LogP contribution is 2.07. The molecule has 1 heterocycles. The number of rotatable bonds is 12. The van der Waals surface area contributed by atoms with Crippen LogP contribution in [0.5, 0.6) is 0 Å². The van der Waals surface area contributed by atoms with Crippen LogP contribution in [0.15, 0.2) is 0 Å². The molecule has 0 bridgehead atoms. The Balaban J connectivity index is 0.000000441. The summed E-state index contributed by atoms with van der Waals surface area (Å²) >= 11 is 0. The van der Waals surface area contributed by atoms with Crippen molar-refractivity contribution >= 4 is 0 Å². The lowest BCUT2D eigenvalue weighted by molar-refractivity contribution is 0.0712. The highest BCUT2D eigenvalue weighted by Gasteiger charge is 2.10. The van der Waals surface area contributed by atoms with E-state index in [1.807, 2.05) is 0 Å². The first kappa shape index (κ1) is 23.8. The van der Waals surface area contributed by atoms with Gasteiger partial charge in [0.2, 0.25) is 0 Å². The molecular formula is C20H44N2O2. The minimum absolute atomic E-state index is 0.377. The molecule has 4 heteroatoms. The molecule has 4 nitrogen and oxygen atoms in total. The molecule has 24 heavy (non-hydrogen) atoms. The fourth-order valence-corrected chi connectivity index (χ4v) is 2.76. The van der Waals surface area contributed by atoms with Crippen LogP contribution in [0.2, 0.25) is 0 Å². The highest BCUT2D eigenvalue weighted by molar-refractivity contribution is 4.65. The van der Waals surface area contributed by atoms with E-state index in [0.29, 0.717) is 12.2 Å². The second-order valence-electron chi connectivity index (χ2n) is 7.12. The molecule has 1 saturated heterocycles. The minimum Gasteiger partial charge on any atom is -0.379 e. The average Bonchev–Trinajstić information content (AvgIpc) is 3.05. The summed E-state index contributed by atoms with van der Waals surface area (Å²) in [5.41, 5.74) is 0. The van der Waals surface area contributed by atoms with Crippen LogP contribution in [-0.2, 0) is 9.47 Å². The van der Waals surface area contributed by atoms with Gasteiger partial charge in [0.05, 0.1) is 12.2 Å². The topological polar surface area (TPSA) is 24.9 Å². The van der Waals surface area contributed by atoms with Gasteiger partial charge in [-0.05, 0) is 79.6 Å². The standard InChI is InChI=1S/C10H21NO.C10H23NO/c1-10(2)12-9-5-8-11-6-3-4-7-11;1-5-11(6-2)8-7-9-12-10(3)4/h10H,3-9H2,1-2H3;10H,5-9H2,1-4H3. The fourth-order valence-electron chi connectivity index (χ4n) is 2.76. The summed E-state index contributed by atoms with van der Waals surface area (Å²) < 4.78 is 10.9. The number of ether oxygens (including phenoxy) is 2. The van der Waals surface area contributed by atoms with Crippen LogP contribution in [0.3, 0.4) is 0 Å². The maximum atomic E-state index is 5.47. The predicted octanol–water partition coefficient (Wildman–Crippen LogP) is 4.04. The Morgan fingerprint density at radius 2 is 1.33 bits per heavy atom. The molecule has 0 saturated carbocycles. The number of hydrogen-bond donors (Lipinski definition) is 0. The van der Waals surface area contributed by atoms with E-state index in [1.54, 1.807) is 0 Å². The summed E-state index contributed by atoms with van der Waals surface area (Å²) in [6.45, 7) is 21.9. The van der Waals surface area contributed by atoms with Gasteiger partial charge in [-0.15, -0.1) is 0 Å². The summed E-state index contributed by atoms with van der Waals surface area (Å²) in [4.78, 5) is 4.95. The first-order valence-electron chi connectivity index (χ1n) is 10.2. The van der Waals surface area contributed by atoms with E-state index in [-0.39, 0.29) is 0 Å². The highest BCUT2D eigenvalue weighted by atomic mass is 16.5. The molecule has 0 N–H and O–H groups in total. The van der Waals surface area contributed by atoms with Gasteiger partial charge in [-0.3, -0.25) is 0 Å². The summed E-state index contributed by atoms with van der Waals surface area (Å²) in [7, 11) is 0. The van der Waals surface area contributed by atoms with Crippen molar-refractivity contribution < 1.29 is 9.47 Å². The van der Waals surface area contributed by atoms with Crippen LogP contribution in [-0.4, -0.2) is 74.5 Å². The third-order valence-corrected chi connectivity index (χ3v) is 4.23. The number of hydrogen-bond acceptors (Lipinski definition) is 4. The molecule has 1 rings (SSSR count). The molecule has 0 aromatic rings. The fraction of sp³-hybridized carbons (Fsp3) is 1.00. The third kappa shape index (κ3) is 15.4. The Morgan fingerprint density at radius 1 is 0.833 bits per heavy atom. The van der Waals surface area contributed by atoms with Crippen molar-refractivity contribution in [2.75, 3.05) is 52.5 Å². The van der Waals surface area contributed by atoms with Crippen molar-refractivity contribution in [1.29, 1.82) is 0 Å².